The van der Waals surface area contributed by atoms with Gasteiger partial charge in [0, 0.05) is 5.56 Å². The van der Waals surface area contributed by atoms with Crippen LogP contribution in [0, 0.1) is 23.7 Å². The molecule has 0 radical (unpaired) electrons. The highest BCUT2D eigenvalue weighted by atomic mass is 19.4. The largest absolute Gasteiger partial charge is 0.497 e. The molecule has 0 aliphatic rings. The Bertz CT molecular complexity index is 495. The van der Waals surface area contributed by atoms with Gasteiger partial charge in [-0.2, -0.15) is 13.2 Å². The summed E-state index contributed by atoms with van der Waals surface area (Å²) >= 11 is 0. The zero-order chi connectivity index (χ0) is 12.7. The fourth-order valence-electron chi connectivity index (χ4n) is 0.993. The number of rotatable bonds is 1. The Labute approximate surface area is 97.6 Å². The van der Waals surface area contributed by atoms with E-state index in [2.05, 4.69) is 17.8 Å². The van der Waals surface area contributed by atoms with Gasteiger partial charge in [0.15, 0.2) is 0 Å². The standard InChI is InChI=1S/C13H9F3O/c1-17-12-8-5-7-11(10-12)6-3-2-4-9-13(14,15)16/h5,7-8,10H,9H2,1H3. The Morgan fingerprint density at radius 3 is 2.65 bits per heavy atom. The molecule has 0 bridgehead atoms. The Kier molecular flexibility index (Phi) is 4.48. The normalized spacial score (nSPS) is 9.65. The third-order valence-corrected chi connectivity index (χ3v) is 1.72. The van der Waals surface area contributed by atoms with Crippen LogP contribution in [0.15, 0.2) is 24.3 Å². The van der Waals surface area contributed by atoms with Crippen LogP contribution in [0.2, 0.25) is 0 Å². The molecule has 0 atom stereocenters. The van der Waals surface area contributed by atoms with Crippen molar-refractivity contribution in [1.29, 1.82) is 0 Å². The van der Waals surface area contributed by atoms with Crippen molar-refractivity contribution in [3.05, 3.63) is 29.8 Å². The van der Waals surface area contributed by atoms with Crippen LogP contribution in [0.3, 0.4) is 0 Å². The molecule has 0 saturated carbocycles. The minimum absolute atomic E-state index is 0.639. The highest BCUT2D eigenvalue weighted by Gasteiger charge is 2.25. The van der Waals surface area contributed by atoms with E-state index in [0.717, 1.165) is 0 Å². The first-order valence-corrected chi connectivity index (χ1v) is 4.71. The maximum Gasteiger partial charge on any atom is 0.399 e. The summed E-state index contributed by atoms with van der Waals surface area (Å²) in [6.45, 7) is 0. The van der Waals surface area contributed by atoms with Crippen LogP contribution in [0.5, 0.6) is 5.75 Å². The highest BCUT2D eigenvalue weighted by Crippen LogP contribution is 2.17. The van der Waals surface area contributed by atoms with E-state index in [0.29, 0.717) is 11.3 Å². The van der Waals surface area contributed by atoms with Gasteiger partial charge in [-0.1, -0.05) is 17.9 Å². The maximum atomic E-state index is 11.7. The molecule has 88 valence electrons. The van der Waals surface area contributed by atoms with E-state index in [9.17, 15) is 13.2 Å². The van der Waals surface area contributed by atoms with Crippen LogP contribution < -0.4 is 4.74 Å². The van der Waals surface area contributed by atoms with Crippen LogP contribution in [-0.4, -0.2) is 13.3 Å². The molecule has 1 rings (SSSR count). The molecular formula is C13H9F3O. The van der Waals surface area contributed by atoms with Gasteiger partial charge in [-0.05, 0) is 30.0 Å². The SMILES string of the molecule is COc1cccc(C#CC#CCC(F)(F)F)c1. The third-order valence-electron chi connectivity index (χ3n) is 1.72. The number of benzene rings is 1. The number of ether oxygens (including phenoxy) is 1. The average molecular weight is 238 g/mol. The zero-order valence-electron chi connectivity index (χ0n) is 9.06. The topological polar surface area (TPSA) is 9.23 Å². The van der Waals surface area contributed by atoms with Gasteiger partial charge in [-0.15, -0.1) is 0 Å². The molecular weight excluding hydrogens is 229 g/mol. The van der Waals surface area contributed by atoms with Gasteiger partial charge in [-0.25, -0.2) is 0 Å². The van der Waals surface area contributed by atoms with E-state index in [1.807, 2.05) is 5.92 Å². The summed E-state index contributed by atoms with van der Waals surface area (Å²) in [5, 5.41) is 0. The quantitative estimate of drug-likeness (QED) is 0.683. The van der Waals surface area contributed by atoms with E-state index >= 15 is 0 Å². The van der Waals surface area contributed by atoms with Gasteiger partial charge < -0.3 is 4.74 Å². The molecule has 0 spiro atoms. The second-order valence-corrected chi connectivity index (χ2v) is 3.08. The van der Waals surface area contributed by atoms with E-state index < -0.39 is 12.6 Å². The van der Waals surface area contributed by atoms with Gasteiger partial charge >= 0.3 is 6.18 Å². The molecule has 0 unspecified atom stereocenters. The number of hydrogen-bond donors (Lipinski definition) is 0. The second-order valence-electron chi connectivity index (χ2n) is 3.08. The van der Waals surface area contributed by atoms with Gasteiger partial charge in [-0.3, -0.25) is 0 Å². The smallest absolute Gasteiger partial charge is 0.399 e. The highest BCUT2D eigenvalue weighted by molar-refractivity contribution is 5.43. The van der Waals surface area contributed by atoms with Crippen molar-refractivity contribution >= 4 is 0 Å². The van der Waals surface area contributed by atoms with E-state index in [-0.39, 0.29) is 0 Å². The van der Waals surface area contributed by atoms with Crippen LogP contribution in [-0.2, 0) is 0 Å². The van der Waals surface area contributed by atoms with Crippen LogP contribution in [0.25, 0.3) is 0 Å². The number of halogens is 3. The fourth-order valence-corrected chi connectivity index (χ4v) is 0.993. The minimum atomic E-state index is -4.26. The zero-order valence-corrected chi connectivity index (χ0v) is 9.06. The lowest BCUT2D eigenvalue weighted by atomic mass is 10.2. The van der Waals surface area contributed by atoms with Crippen LogP contribution in [0.1, 0.15) is 12.0 Å². The molecule has 4 heteroatoms. The van der Waals surface area contributed by atoms with Gasteiger partial charge in [0.1, 0.15) is 12.2 Å². The molecule has 1 aromatic carbocycles. The first-order valence-electron chi connectivity index (χ1n) is 4.71. The van der Waals surface area contributed by atoms with E-state index in [4.69, 9.17) is 4.74 Å². The molecule has 0 aliphatic heterocycles. The predicted octanol–water partition coefficient (Wildman–Crippen LogP) is 3.00. The monoisotopic (exact) mass is 238 g/mol. The molecule has 1 aromatic rings. The molecule has 1 nitrogen and oxygen atoms in total. The third kappa shape index (κ3) is 5.53. The molecule has 0 N–H and O–H groups in total. The van der Waals surface area contributed by atoms with E-state index in [1.54, 1.807) is 24.3 Å². The van der Waals surface area contributed by atoms with Crippen molar-refractivity contribution in [2.24, 2.45) is 0 Å². The average Bonchev–Trinajstić information content (AvgIpc) is 2.27. The van der Waals surface area contributed by atoms with Gasteiger partial charge in [0.2, 0.25) is 0 Å². The van der Waals surface area contributed by atoms with Gasteiger partial charge in [0.25, 0.3) is 0 Å². The Hall–Kier alpha value is -2.07. The summed E-state index contributed by atoms with van der Waals surface area (Å²) in [5.74, 6) is 9.73. The van der Waals surface area contributed by atoms with Crippen molar-refractivity contribution in [2.45, 2.75) is 12.6 Å². The summed E-state index contributed by atoms with van der Waals surface area (Å²) in [7, 11) is 1.52. The predicted molar refractivity (Wildman–Crippen MR) is 58.3 cm³/mol. The maximum absolute atomic E-state index is 11.7. The fraction of sp³-hybridized carbons (Fsp3) is 0.231. The molecule has 0 aromatic heterocycles. The van der Waals surface area contributed by atoms with Crippen molar-refractivity contribution in [3.8, 4) is 29.4 Å². The molecule has 0 saturated heterocycles. The molecule has 0 fully saturated rings. The summed E-state index contributed by atoms with van der Waals surface area (Å²) in [5.41, 5.74) is 0.644. The lowest BCUT2D eigenvalue weighted by Gasteiger charge is -1.97. The summed E-state index contributed by atoms with van der Waals surface area (Å²) in [6, 6.07) is 6.89. The minimum Gasteiger partial charge on any atom is -0.497 e. The molecule has 0 heterocycles. The Morgan fingerprint density at radius 1 is 1.24 bits per heavy atom. The summed E-state index contributed by atoms with van der Waals surface area (Å²) in [4.78, 5) is 0. The second kappa shape index (κ2) is 5.86. The first kappa shape index (κ1) is 13.0. The van der Waals surface area contributed by atoms with Crippen molar-refractivity contribution < 1.29 is 17.9 Å². The number of hydrogen-bond acceptors (Lipinski definition) is 1. The summed E-state index contributed by atoms with van der Waals surface area (Å²) in [6.07, 6.45) is -5.40. The lowest BCUT2D eigenvalue weighted by Crippen LogP contribution is -2.04. The molecule has 17 heavy (non-hydrogen) atoms. The van der Waals surface area contributed by atoms with Crippen molar-refractivity contribution in [2.75, 3.05) is 7.11 Å². The van der Waals surface area contributed by atoms with E-state index in [1.165, 1.54) is 7.11 Å². The number of methoxy groups -OCH3 is 1. The Morgan fingerprint density at radius 2 is 2.00 bits per heavy atom. The lowest BCUT2D eigenvalue weighted by molar-refractivity contribution is -0.123. The first-order chi connectivity index (χ1) is 8.01. The summed E-state index contributed by atoms with van der Waals surface area (Å²) < 4.78 is 40.2. The molecule has 0 aliphatic carbocycles. The van der Waals surface area contributed by atoms with Crippen LogP contribution in [0.4, 0.5) is 13.2 Å². The van der Waals surface area contributed by atoms with Gasteiger partial charge in [0.05, 0.1) is 7.11 Å². The van der Waals surface area contributed by atoms with Crippen molar-refractivity contribution in [1.82, 2.24) is 0 Å². The van der Waals surface area contributed by atoms with Crippen molar-refractivity contribution in [3.63, 3.8) is 0 Å². The van der Waals surface area contributed by atoms with Crippen LogP contribution >= 0.6 is 0 Å². The Balaban J connectivity index is 2.65. The number of alkyl halides is 3. The molecule has 0 amide bonds.